The number of nitrogens with two attached hydrogens (primary N) is 1. The number of benzene rings is 2. The van der Waals surface area contributed by atoms with E-state index in [1.54, 1.807) is 26.0 Å². The Morgan fingerprint density at radius 3 is 2.39 bits per heavy atom. The molecule has 0 aliphatic carbocycles. The minimum atomic E-state index is -1.34. The fraction of sp³-hybridized carbons (Fsp3) is 0.370. The van der Waals surface area contributed by atoms with Crippen LogP contribution in [0.2, 0.25) is 0 Å². The maximum absolute atomic E-state index is 13.6. The second-order valence-electron chi connectivity index (χ2n) is 9.60. The molecule has 0 fully saturated rings. The van der Waals surface area contributed by atoms with Crippen molar-refractivity contribution in [2.45, 2.75) is 46.1 Å². The van der Waals surface area contributed by atoms with E-state index in [4.69, 9.17) is 19.9 Å². The van der Waals surface area contributed by atoms with Crippen LogP contribution in [-0.2, 0) is 18.3 Å². The van der Waals surface area contributed by atoms with Gasteiger partial charge in [-0.2, -0.15) is 0 Å². The van der Waals surface area contributed by atoms with Crippen LogP contribution in [0.3, 0.4) is 0 Å². The highest BCUT2D eigenvalue weighted by atomic mass is 16.5. The van der Waals surface area contributed by atoms with Gasteiger partial charge in [0.1, 0.15) is 23.0 Å². The van der Waals surface area contributed by atoms with E-state index in [9.17, 15) is 19.5 Å². The van der Waals surface area contributed by atoms with Crippen molar-refractivity contribution < 1.29 is 24.1 Å². The Morgan fingerprint density at radius 2 is 1.76 bits per heavy atom. The number of aromatic nitrogens is 2. The van der Waals surface area contributed by atoms with Crippen LogP contribution in [0.4, 0.5) is 11.5 Å². The van der Waals surface area contributed by atoms with Crippen molar-refractivity contribution in [2.75, 3.05) is 25.3 Å². The van der Waals surface area contributed by atoms with E-state index in [0.717, 1.165) is 20.3 Å². The minimum Gasteiger partial charge on any atom is -0.507 e. The molecule has 1 aliphatic rings. The Labute approximate surface area is 219 Å². The second-order valence-corrected chi connectivity index (χ2v) is 9.60. The molecule has 11 nitrogen and oxygen atoms in total. The zero-order valence-corrected chi connectivity index (χ0v) is 22.5. The van der Waals surface area contributed by atoms with Gasteiger partial charge in [-0.1, -0.05) is 0 Å². The van der Waals surface area contributed by atoms with Gasteiger partial charge in [0.15, 0.2) is 17.1 Å². The molecular formula is C27H32N4O7. The normalized spacial score (nSPS) is 16.4. The molecule has 4 N–H and O–H groups in total. The highest BCUT2D eigenvalue weighted by Crippen LogP contribution is 2.43. The van der Waals surface area contributed by atoms with Gasteiger partial charge in [-0.25, -0.2) is 9.36 Å². The molecule has 1 unspecified atom stereocenters. The highest BCUT2D eigenvalue weighted by Gasteiger charge is 2.41. The molecule has 4 rings (SSSR count). The first-order valence-corrected chi connectivity index (χ1v) is 12.0. The van der Waals surface area contributed by atoms with Gasteiger partial charge in [0.2, 0.25) is 0 Å². The van der Waals surface area contributed by atoms with Gasteiger partial charge in [-0.3, -0.25) is 14.2 Å². The molecular weight excluding hydrogens is 492 g/mol. The van der Waals surface area contributed by atoms with Crippen LogP contribution in [-0.4, -0.2) is 40.0 Å². The number of anilines is 2. The Morgan fingerprint density at radius 1 is 1.11 bits per heavy atom. The van der Waals surface area contributed by atoms with Crippen molar-refractivity contribution in [3.8, 4) is 28.7 Å². The lowest BCUT2D eigenvalue weighted by Gasteiger charge is -2.36. The molecule has 0 spiro atoms. The Bertz CT molecular complexity index is 1590. The molecule has 38 heavy (non-hydrogen) atoms. The fourth-order valence-electron chi connectivity index (χ4n) is 4.71. The lowest BCUT2D eigenvalue weighted by Crippen LogP contribution is -2.50. The fourth-order valence-corrected chi connectivity index (χ4v) is 4.71. The van der Waals surface area contributed by atoms with E-state index in [0.29, 0.717) is 46.9 Å². The Kier molecular flexibility index (Phi) is 6.64. The summed E-state index contributed by atoms with van der Waals surface area (Å²) in [7, 11) is 4.24. The van der Waals surface area contributed by atoms with Gasteiger partial charge < -0.3 is 30.4 Å². The third-order valence-electron chi connectivity index (χ3n) is 7.36. The molecule has 1 atom stereocenters. The van der Waals surface area contributed by atoms with E-state index in [1.807, 2.05) is 13.8 Å². The molecule has 1 aromatic heterocycles. The number of fused-ring (bicyclic) bond motifs is 1. The number of nitrogens with one attached hydrogen (secondary N) is 1. The topological polar surface area (TPSA) is 147 Å². The van der Waals surface area contributed by atoms with Crippen molar-refractivity contribution in [3.05, 3.63) is 61.3 Å². The van der Waals surface area contributed by atoms with E-state index in [-0.39, 0.29) is 17.3 Å². The number of nitrogens with zero attached hydrogens (tertiary/aromatic N) is 2. The number of aromatic hydroxyl groups is 1. The third kappa shape index (κ3) is 4.04. The summed E-state index contributed by atoms with van der Waals surface area (Å²) in [6.45, 7) is 7.06. The quantitative estimate of drug-likeness (QED) is 0.461. The molecule has 0 bridgehead atoms. The van der Waals surface area contributed by atoms with Gasteiger partial charge >= 0.3 is 5.69 Å². The molecule has 0 saturated carbocycles. The highest BCUT2D eigenvalue weighted by molar-refractivity contribution is 5.99. The van der Waals surface area contributed by atoms with Crippen LogP contribution in [0.25, 0.3) is 5.69 Å². The van der Waals surface area contributed by atoms with Gasteiger partial charge in [0.05, 0.1) is 19.9 Å². The first-order valence-electron chi connectivity index (χ1n) is 12.0. The summed E-state index contributed by atoms with van der Waals surface area (Å²) in [4.78, 5) is 39.7. The molecule has 202 valence electrons. The Hall–Kier alpha value is -4.41. The largest absolute Gasteiger partial charge is 0.507 e. The number of amides is 1. The molecule has 0 saturated heterocycles. The number of nitrogen functional groups attached to an aromatic ring is 1. The summed E-state index contributed by atoms with van der Waals surface area (Å²) in [6.07, 6.45) is 0.780. The standard InChI is InChI=1S/C27H32N4O7/c1-13-14(2)22-17(15(3)21(13)32)10-11-27(4,38-22)25(34)29-20-23(28)31(26(35)30(5)24(20)33)16-8-9-18(36-6)19(12-16)37-7/h8-9,12,32H,10-11,28H2,1-7H3,(H,29,34). The van der Waals surface area contributed by atoms with Crippen molar-refractivity contribution in [3.63, 3.8) is 0 Å². The van der Waals surface area contributed by atoms with Crippen LogP contribution in [0, 0.1) is 20.8 Å². The molecule has 3 aromatic rings. The molecule has 2 aromatic carbocycles. The predicted octanol–water partition coefficient (Wildman–Crippen LogP) is 2.49. The van der Waals surface area contributed by atoms with Crippen LogP contribution >= 0.6 is 0 Å². The number of carbonyl (C=O) groups is 1. The van der Waals surface area contributed by atoms with Crippen LogP contribution in [0.1, 0.15) is 35.6 Å². The summed E-state index contributed by atoms with van der Waals surface area (Å²) in [5, 5.41) is 13.1. The zero-order chi connectivity index (χ0) is 28.1. The maximum Gasteiger partial charge on any atom is 0.337 e. The van der Waals surface area contributed by atoms with Crippen LogP contribution in [0.5, 0.6) is 23.0 Å². The number of phenols is 1. The molecule has 2 heterocycles. The van der Waals surface area contributed by atoms with E-state index in [1.165, 1.54) is 27.3 Å². The number of hydrogen-bond donors (Lipinski definition) is 3. The molecule has 0 radical (unpaired) electrons. The average molecular weight is 525 g/mol. The number of rotatable bonds is 5. The number of hydrogen-bond acceptors (Lipinski definition) is 8. The monoisotopic (exact) mass is 524 g/mol. The molecule has 1 aliphatic heterocycles. The van der Waals surface area contributed by atoms with Crippen molar-refractivity contribution in [1.82, 2.24) is 9.13 Å². The van der Waals surface area contributed by atoms with Crippen molar-refractivity contribution >= 4 is 17.4 Å². The minimum absolute atomic E-state index is 0.214. The first kappa shape index (κ1) is 26.6. The summed E-state index contributed by atoms with van der Waals surface area (Å²) in [6, 6.07) is 4.72. The van der Waals surface area contributed by atoms with Crippen LogP contribution in [0.15, 0.2) is 27.8 Å². The van der Waals surface area contributed by atoms with Gasteiger partial charge in [0.25, 0.3) is 11.5 Å². The second kappa shape index (κ2) is 9.47. The van der Waals surface area contributed by atoms with E-state index < -0.39 is 22.8 Å². The molecule has 11 heteroatoms. The number of phenolic OH excluding ortho intramolecular Hbond substituents is 1. The summed E-state index contributed by atoms with van der Waals surface area (Å²) < 4.78 is 18.8. The lowest BCUT2D eigenvalue weighted by atomic mass is 9.86. The lowest BCUT2D eigenvalue weighted by molar-refractivity contribution is -0.131. The third-order valence-corrected chi connectivity index (χ3v) is 7.36. The van der Waals surface area contributed by atoms with E-state index in [2.05, 4.69) is 5.32 Å². The number of carbonyl (C=O) groups excluding carboxylic acids is 1. The number of methoxy groups -OCH3 is 2. The summed E-state index contributed by atoms with van der Waals surface area (Å²) in [5.74, 6) is 0.713. The first-order chi connectivity index (χ1) is 17.9. The molecule has 1 amide bonds. The van der Waals surface area contributed by atoms with Gasteiger partial charge in [-0.05, 0) is 62.9 Å². The van der Waals surface area contributed by atoms with Crippen molar-refractivity contribution in [2.24, 2.45) is 7.05 Å². The zero-order valence-electron chi connectivity index (χ0n) is 22.5. The average Bonchev–Trinajstić information content (AvgIpc) is 2.91. The van der Waals surface area contributed by atoms with Gasteiger partial charge in [0, 0.05) is 25.1 Å². The summed E-state index contributed by atoms with van der Waals surface area (Å²) in [5.41, 5.74) is 6.54. The Balaban J connectivity index is 1.77. The SMILES string of the molecule is COc1ccc(-n2c(N)c(NC(=O)C3(C)CCc4c(C)c(O)c(C)c(C)c4O3)c(=O)n(C)c2=O)cc1OC. The smallest absolute Gasteiger partial charge is 0.337 e. The van der Waals surface area contributed by atoms with Gasteiger partial charge in [-0.15, -0.1) is 0 Å². The predicted molar refractivity (Wildman–Crippen MR) is 143 cm³/mol. The van der Waals surface area contributed by atoms with E-state index >= 15 is 0 Å². The summed E-state index contributed by atoms with van der Waals surface area (Å²) >= 11 is 0. The maximum atomic E-state index is 13.6. The number of ether oxygens (including phenoxy) is 3. The van der Waals surface area contributed by atoms with Crippen LogP contribution < -0.4 is 36.5 Å². The van der Waals surface area contributed by atoms with Crippen molar-refractivity contribution in [1.29, 1.82) is 0 Å².